The van der Waals surface area contributed by atoms with Crippen molar-refractivity contribution in [2.75, 3.05) is 13.1 Å². The predicted octanol–water partition coefficient (Wildman–Crippen LogP) is 1.69. The Bertz CT molecular complexity index is 478. The molecule has 0 aliphatic carbocycles. The first-order valence-corrected chi connectivity index (χ1v) is 8.29. The van der Waals surface area contributed by atoms with Gasteiger partial charge in [0.25, 0.3) is 0 Å². The van der Waals surface area contributed by atoms with Crippen molar-refractivity contribution in [2.45, 2.75) is 59.0 Å². The van der Waals surface area contributed by atoms with E-state index in [-0.39, 0.29) is 12.0 Å². The molecule has 1 fully saturated rings. The number of carbonyl (C=O) groups excluding carboxylic acids is 1. The van der Waals surface area contributed by atoms with Gasteiger partial charge >= 0.3 is 0 Å². The molecule has 0 saturated carbocycles. The van der Waals surface area contributed by atoms with Gasteiger partial charge in [-0.15, -0.1) is 0 Å². The zero-order chi connectivity index (χ0) is 16.1. The van der Waals surface area contributed by atoms with Crippen LogP contribution in [0.4, 0.5) is 0 Å². The number of hydrogen-bond acceptors (Lipinski definition) is 4. The lowest BCUT2D eigenvalue weighted by Gasteiger charge is -2.34. The van der Waals surface area contributed by atoms with Gasteiger partial charge in [-0.25, -0.2) is 4.98 Å². The fraction of sp³-hybridized carbons (Fsp3) is 0.812. The molecule has 6 nitrogen and oxygen atoms in total. The highest BCUT2D eigenvalue weighted by molar-refractivity contribution is 5.76. The van der Waals surface area contributed by atoms with E-state index in [0.29, 0.717) is 30.5 Å². The number of piperidine rings is 1. The molecule has 1 aromatic heterocycles. The molecule has 2 N–H and O–H groups in total. The Labute approximate surface area is 132 Å². The second-order valence-corrected chi connectivity index (χ2v) is 6.75. The first-order chi connectivity index (χ1) is 10.5. The quantitative estimate of drug-likeness (QED) is 0.838. The maximum atomic E-state index is 12.2. The number of rotatable bonds is 6. The molecule has 1 saturated heterocycles. The summed E-state index contributed by atoms with van der Waals surface area (Å²) in [5, 5.41) is 17.0. The molecule has 2 rings (SSSR count). The predicted molar refractivity (Wildman–Crippen MR) is 84.2 cm³/mol. The first kappa shape index (κ1) is 16.9. The molecule has 0 radical (unpaired) electrons. The minimum absolute atomic E-state index is 0.166. The fourth-order valence-electron chi connectivity index (χ4n) is 3.09. The third kappa shape index (κ3) is 4.80. The van der Waals surface area contributed by atoms with Gasteiger partial charge in [-0.1, -0.05) is 13.8 Å². The van der Waals surface area contributed by atoms with Crippen LogP contribution in [0, 0.1) is 18.8 Å². The molecule has 0 spiro atoms. The molecule has 1 aliphatic rings. The van der Waals surface area contributed by atoms with Crippen LogP contribution < -0.4 is 0 Å². The monoisotopic (exact) mass is 308 g/mol. The van der Waals surface area contributed by atoms with E-state index in [2.05, 4.69) is 29.0 Å². The Hall–Kier alpha value is -1.43. The largest absolute Gasteiger partial charge is 0.393 e. The third-order valence-electron chi connectivity index (χ3n) is 4.36. The summed E-state index contributed by atoms with van der Waals surface area (Å²) in [5.74, 6) is 2.50. The van der Waals surface area contributed by atoms with Gasteiger partial charge < -0.3 is 10.0 Å². The number of hydrogen-bond donors (Lipinski definition) is 2. The highest BCUT2D eigenvalue weighted by Crippen LogP contribution is 2.24. The lowest BCUT2D eigenvalue weighted by atomic mass is 9.87. The normalized spacial score (nSPS) is 18.0. The van der Waals surface area contributed by atoms with Crippen LogP contribution in [-0.4, -0.2) is 50.3 Å². The Morgan fingerprint density at radius 2 is 2.09 bits per heavy atom. The van der Waals surface area contributed by atoms with Gasteiger partial charge in [0.2, 0.25) is 5.91 Å². The van der Waals surface area contributed by atoms with Crippen LogP contribution in [0.3, 0.4) is 0 Å². The summed E-state index contributed by atoms with van der Waals surface area (Å²) < 4.78 is 0. The SMILES string of the molecule is Cc1nc(CCC(=O)N2CCC([C@H](O)CC(C)C)CC2)n[nH]1. The molecule has 0 unspecified atom stereocenters. The van der Waals surface area contributed by atoms with Gasteiger partial charge in [0.05, 0.1) is 6.10 Å². The number of aromatic nitrogens is 3. The Morgan fingerprint density at radius 3 is 2.64 bits per heavy atom. The molecule has 6 heteroatoms. The summed E-state index contributed by atoms with van der Waals surface area (Å²) in [6.45, 7) is 7.63. The summed E-state index contributed by atoms with van der Waals surface area (Å²) in [5.41, 5.74) is 0. The highest BCUT2D eigenvalue weighted by Gasteiger charge is 2.27. The van der Waals surface area contributed by atoms with E-state index in [9.17, 15) is 9.90 Å². The summed E-state index contributed by atoms with van der Waals surface area (Å²) in [6, 6.07) is 0. The van der Waals surface area contributed by atoms with Gasteiger partial charge in [0, 0.05) is 25.9 Å². The Kier molecular flexibility index (Phi) is 5.94. The van der Waals surface area contributed by atoms with E-state index in [1.807, 2.05) is 11.8 Å². The lowest BCUT2D eigenvalue weighted by molar-refractivity contribution is -0.133. The van der Waals surface area contributed by atoms with Crippen molar-refractivity contribution in [3.05, 3.63) is 11.6 Å². The summed E-state index contributed by atoms with van der Waals surface area (Å²) in [7, 11) is 0. The Morgan fingerprint density at radius 1 is 1.41 bits per heavy atom. The molecule has 2 heterocycles. The molecule has 0 bridgehead atoms. The summed E-state index contributed by atoms with van der Waals surface area (Å²) >= 11 is 0. The second kappa shape index (κ2) is 7.72. The smallest absolute Gasteiger partial charge is 0.223 e. The van der Waals surface area contributed by atoms with E-state index in [0.717, 1.165) is 38.2 Å². The number of aliphatic hydroxyl groups is 1. The van der Waals surface area contributed by atoms with Crippen LogP contribution in [0.1, 0.15) is 51.2 Å². The number of amides is 1. The molecular formula is C16H28N4O2. The van der Waals surface area contributed by atoms with Gasteiger partial charge in [-0.3, -0.25) is 9.89 Å². The van der Waals surface area contributed by atoms with Crippen LogP contribution in [0.15, 0.2) is 0 Å². The molecular weight excluding hydrogens is 280 g/mol. The second-order valence-electron chi connectivity index (χ2n) is 6.75. The highest BCUT2D eigenvalue weighted by atomic mass is 16.3. The molecule has 22 heavy (non-hydrogen) atoms. The average molecular weight is 308 g/mol. The minimum Gasteiger partial charge on any atom is -0.393 e. The zero-order valence-electron chi connectivity index (χ0n) is 13.9. The van der Waals surface area contributed by atoms with Crippen LogP contribution in [-0.2, 0) is 11.2 Å². The lowest BCUT2D eigenvalue weighted by Crippen LogP contribution is -2.41. The average Bonchev–Trinajstić information content (AvgIpc) is 2.90. The van der Waals surface area contributed by atoms with E-state index < -0.39 is 0 Å². The van der Waals surface area contributed by atoms with Gasteiger partial charge in [0.15, 0.2) is 5.82 Å². The van der Waals surface area contributed by atoms with E-state index in [1.54, 1.807) is 0 Å². The van der Waals surface area contributed by atoms with Crippen LogP contribution in [0.5, 0.6) is 0 Å². The molecule has 124 valence electrons. The van der Waals surface area contributed by atoms with Crippen molar-refractivity contribution in [1.29, 1.82) is 0 Å². The third-order valence-corrected chi connectivity index (χ3v) is 4.36. The molecule has 1 aliphatic heterocycles. The minimum atomic E-state index is -0.228. The van der Waals surface area contributed by atoms with Crippen LogP contribution in [0.2, 0.25) is 0 Å². The van der Waals surface area contributed by atoms with Gasteiger partial charge in [-0.2, -0.15) is 5.10 Å². The van der Waals surface area contributed by atoms with Gasteiger partial charge in [-0.05, 0) is 38.0 Å². The van der Waals surface area contributed by atoms with E-state index in [4.69, 9.17) is 0 Å². The number of aliphatic hydroxyl groups excluding tert-OH is 1. The number of carbonyl (C=O) groups is 1. The maximum Gasteiger partial charge on any atom is 0.223 e. The van der Waals surface area contributed by atoms with Crippen molar-refractivity contribution in [2.24, 2.45) is 11.8 Å². The number of nitrogens with one attached hydrogen (secondary N) is 1. The van der Waals surface area contributed by atoms with Crippen LogP contribution >= 0.6 is 0 Å². The number of nitrogens with zero attached hydrogens (tertiary/aromatic N) is 3. The number of likely N-dealkylation sites (tertiary alicyclic amines) is 1. The number of aromatic amines is 1. The molecule has 0 aromatic carbocycles. The van der Waals surface area contributed by atoms with Crippen molar-refractivity contribution < 1.29 is 9.90 Å². The number of aryl methyl sites for hydroxylation is 2. The van der Waals surface area contributed by atoms with Crippen molar-refractivity contribution >= 4 is 5.91 Å². The standard InChI is InChI=1S/C16H28N4O2/c1-11(2)10-14(21)13-6-8-20(9-7-13)16(22)5-4-15-17-12(3)18-19-15/h11,13-14,21H,4-10H2,1-3H3,(H,17,18,19)/t14-/m1/s1. The fourth-order valence-corrected chi connectivity index (χ4v) is 3.09. The molecule has 1 atom stereocenters. The molecule has 1 aromatic rings. The van der Waals surface area contributed by atoms with E-state index >= 15 is 0 Å². The van der Waals surface area contributed by atoms with Crippen LogP contribution in [0.25, 0.3) is 0 Å². The Balaban J connectivity index is 1.72. The van der Waals surface area contributed by atoms with Crippen molar-refractivity contribution in [3.63, 3.8) is 0 Å². The van der Waals surface area contributed by atoms with Crippen molar-refractivity contribution in [1.82, 2.24) is 20.1 Å². The summed E-state index contributed by atoms with van der Waals surface area (Å²) in [4.78, 5) is 18.4. The van der Waals surface area contributed by atoms with Gasteiger partial charge in [0.1, 0.15) is 5.82 Å². The first-order valence-electron chi connectivity index (χ1n) is 8.29. The maximum absolute atomic E-state index is 12.2. The number of H-pyrrole nitrogens is 1. The summed E-state index contributed by atoms with van der Waals surface area (Å²) in [6.07, 6.45) is 3.46. The van der Waals surface area contributed by atoms with E-state index in [1.165, 1.54) is 0 Å². The van der Waals surface area contributed by atoms with Crippen molar-refractivity contribution in [3.8, 4) is 0 Å². The molecule has 1 amide bonds. The topological polar surface area (TPSA) is 82.1 Å². The zero-order valence-corrected chi connectivity index (χ0v) is 13.9.